The van der Waals surface area contributed by atoms with Gasteiger partial charge in [0.1, 0.15) is 10.6 Å². The molecule has 1 aromatic heterocycles. The van der Waals surface area contributed by atoms with Crippen LogP contribution < -0.4 is 21.9 Å². The molecular formula is C28H26N2OP2+2. The van der Waals surface area contributed by atoms with E-state index in [4.69, 9.17) is 14.6 Å². The van der Waals surface area contributed by atoms with Crippen molar-refractivity contribution in [2.24, 2.45) is 11.8 Å². The Morgan fingerprint density at radius 3 is 2.27 bits per heavy atom. The van der Waals surface area contributed by atoms with Crippen LogP contribution in [0.4, 0.5) is 0 Å². The van der Waals surface area contributed by atoms with Gasteiger partial charge in [-0.1, -0.05) is 72.6 Å². The fraction of sp³-hybridized carbons (Fsp3) is 0.286. The highest BCUT2D eigenvalue weighted by atomic mass is 31.1. The van der Waals surface area contributed by atoms with Crippen molar-refractivity contribution in [2.45, 2.75) is 38.5 Å². The van der Waals surface area contributed by atoms with Gasteiger partial charge in [-0.25, -0.2) is 0 Å². The van der Waals surface area contributed by atoms with Crippen molar-refractivity contribution >= 4 is 47.6 Å². The van der Waals surface area contributed by atoms with Crippen LogP contribution in [0.25, 0.3) is 0 Å². The maximum atomic E-state index is 6.65. The normalized spacial score (nSPS) is 29.2. The average Bonchev–Trinajstić information content (AvgIpc) is 3.51. The van der Waals surface area contributed by atoms with E-state index in [9.17, 15) is 0 Å². The van der Waals surface area contributed by atoms with E-state index in [2.05, 4.69) is 86.7 Å². The molecule has 0 amide bonds. The topological polar surface area (TPSA) is 38.9 Å². The molecule has 0 fully saturated rings. The van der Waals surface area contributed by atoms with Crippen LogP contribution in [0, 0.1) is 11.8 Å². The van der Waals surface area contributed by atoms with Gasteiger partial charge in [0, 0.05) is 11.1 Å². The SMILES string of the molecule is CC1C=CC2=[P+](c3nnc([P+]4=C5C=CCC(C)C5c5ccccc54)o3)c3ccccc3C2C1. The minimum atomic E-state index is -0.755. The third kappa shape index (κ3) is 2.89. The van der Waals surface area contributed by atoms with Crippen LogP contribution in [0.1, 0.15) is 49.7 Å². The van der Waals surface area contributed by atoms with Crippen LogP contribution in [0.3, 0.4) is 0 Å². The molecule has 33 heavy (non-hydrogen) atoms. The summed E-state index contributed by atoms with van der Waals surface area (Å²) in [5, 5.41) is 15.2. The zero-order valence-corrected chi connectivity index (χ0v) is 20.6. The molecule has 5 heteroatoms. The number of hydrogen-bond donors (Lipinski definition) is 0. The van der Waals surface area contributed by atoms with Crippen LogP contribution in [-0.4, -0.2) is 20.8 Å². The van der Waals surface area contributed by atoms with E-state index >= 15 is 0 Å². The Morgan fingerprint density at radius 1 is 0.818 bits per heavy atom. The molecule has 4 aliphatic rings. The Morgan fingerprint density at radius 2 is 1.48 bits per heavy atom. The minimum Gasteiger partial charge on any atom is -0.349 e. The molecule has 0 N–H and O–H groups in total. The molecule has 0 saturated heterocycles. The van der Waals surface area contributed by atoms with E-state index in [1.165, 1.54) is 38.7 Å². The molecule has 3 heterocycles. The summed E-state index contributed by atoms with van der Waals surface area (Å²) in [5.74, 6) is 2.18. The molecule has 3 aromatic rings. The van der Waals surface area contributed by atoms with Gasteiger partial charge < -0.3 is 4.42 Å². The van der Waals surface area contributed by atoms with E-state index in [-0.39, 0.29) is 0 Å². The van der Waals surface area contributed by atoms with E-state index in [1.54, 1.807) is 0 Å². The summed E-state index contributed by atoms with van der Waals surface area (Å²) in [6.45, 7) is 4.68. The summed E-state index contributed by atoms with van der Waals surface area (Å²) in [6, 6.07) is 17.8. The number of rotatable bonds is 2. The molecule has 7 rings (SSSR count). The highest BCUT2D eigenvalue weighted by Crippen LogP contribution is 2.47. The van der Waals surface area contributed by atoms with Crippen molar-refractivity contribution < 1.29 is 4.42 Å². The van der Waals surface area contributed by atoms with Crippen molar-refractivity contribution in [1.82, 2.24) is 10.2 Å². The summed E-state index contributed by atoms with van der Waals surface area (Å²) in [6.07, 6.45) is 11.7. The first-order valence-electron chi connectivity index (χ1n) is 11.9. The third-order valence-electron chi connectivity index (χ3n) is 7.61. The van der Waals surface area contributed by atoms with Gasteiger partial charge in [-0.3, -0.25) is 0 Å². The second kappa shape index (κ2) is 7.45. The second-order valence-corrected chi connectivity index (χ2v) is 13.8. The van der Waals surface area contributed by atoms with Gasteiger partial charge in [-0.2, -0.15) is 0 Å². The summed E-state index contributed by atoms with van der Waals surface area (Å²) in [7, 11) is -1.50. The van der Waals surface area contributed by atoms with Crippen molar-refractivity contribution in [1.29, 1.82) is 0 Å². The Bertz CT molecular complexity index is 1430. The Hall–Kier alpha value is -2.60. The van der Waals surface area contributed by atoms with Gasteiger partial charge in [-0.15, -0.1) is 0 Å². The van der Waals surface area contributed by atoms with Gasteiger partial charge in [0.2, 0.25) is 15.1 Å². The average molecular weight is 468 g/mol. The van der Waals surface area contributed by atoms with Crippen molar-refractivity contribution in [3.05, 3.63) is 84.0 Å². The predicted molar refractivity (Wildman–Crippen MR) is 141 cm³/mol. The minimum absolute atomic E-state index is 0.479. The largest absolute Gasteiger partial charge is 0.434 e. The molecular weight excluding hydrogens is 442 g/mol. The number of allylic oxidation sites excluding steroid dienone is 4. The molecule has 2 aliphatic carbocycles. The highest BCUT2D eigenvalue weighted by Gasteiger charge is 2.49. The fourth-order valence-corrected chi connectivity index (χ4v) is 11.4. The molecule has 0 spiro atoms. The lowest BCUT2D eigenvalue weighted by Crippen LogP contribution is -2.19. The lowest BCUT2D eigenvalue weighted by Gasteiger charge is -2.20. The monoisotopic (exact) mass is 468 g/mol. The number of nitrogens with zero attached hydrogens (tertiary/aromatic N) is 2. The Balaban J connectivity index is 1.40. The van der Waals surface area contributed by atoms with Crippen LogP contribution in [0.15, 0.2) is 77.3 Å². The zero-order chi connectivity index (χ0) is 22.1. The molecule has 0 saturated carbocycles. The third-order valence-corrected chi connectivity index (χ3v) is 12.4. The molecule has 6 atom stereocenters. The van der Waals surface area contributed by atoms with Gasteiger partial charge in [0.15, 0.2) is 10.6 Å². The van der Waals surface area contributed by atoms with Crippen molar-refractivity contribution in [3.63, 3.8) is 0 Å². The van der Waals surface area contributed by atoms with E-state index in [0.29, 0.717) is 23.7 Å². The van der Waals surface area contributed by atoms with E-state index in [0.717, 1.165) is 17.7 Å². The van der Waals surface area contributed by atoms with Crippen molar-refractivity contribution in [2.75, 3.05) is 0 Å². The maximum Gasteiger partial charge on any atom is 0.434 e. The van der Waals surface area contributed by atoms with E-state index in [1.807, 2.05) is 0 Å². The van der Waals surface area contributed by atoms with Crippen LogP contribution in [-0.2, 0) is 0 Å². The summed E-state index contributed by atoms with van der Waals surface area (Å²) in [5.41, 5.74) is 4.57. The standard InChI is InChI=1S/C28H26N2OP2/c1-17-14-15-24-21(16-17)19-9-3-5-11-22(19)32(24)27-29-30-28(31-27)33-23-12-6-4-10-20(23)26-18(2)8-7-13-25(26)33/h3-7,9-15,17-18,21,26H,8,16H2,1-2H3/q+2. The lowest BCUT2D eigenvalue weighted by molar-refractivity contribution is 0.552. The molecule has 0 radical (unpaired) electrons. The maximum absolute atomic E-state index is 6.65. The number of hydrogen-bond acceptors (Lipinski definition) is 3. The number of fused-ring (bicyclic) bond motifs is 6. The first kappa shape index (κ1) is 19.8. The lowest BCUT2D eigenvalue weighted by atomic mass is 9.80. The van der Waals surface area contributed by atoms with Crippen molar-refractivity contribution in [3.8, 4) is 0 Å². The van der Waals surface area contributed by atoms with Gasteiger partial charge in [0.05, 0.1) is 11.8 Å². The van der Waals surface area contributed by atoms with Crippen LogP contribution >= 0.6 is 15.1 Å². The summed E-state index contributed by atoms with van der Waals surface area (Å²) >= 11 is 0. The van der Waals surface area contributed by atoms with Gasteiger partial charge in [0.25, 0.3) is 0 Å². The number of aromatic nitrogens is 2. The quantitative estimate of drug-likeness (QED) is 0.514. The Labute approximate surface area is 196 Å². The van der Waals surface area contributed by atoms with Gasteiger partial charge in [-0.05, 0) is 49.0 Å². The molecule has 0 bridgehead atoms. The molecule has 3 nitrogen and oxygen atoms in total. The van der Waals surface area contributed by atoms with Gasteiger partial charge >= 0.3 is 11.3 Å². The molecule has 2 aromatic carbocycles. The molecule has 162 valence electrons. The first-order valence-corrected chi connectivity index (χ1v) is 14.6. The first-order chi connectivity index (χ1) is 16.2. The predicted octanol–water partition coefficient (Wildman–Crippen LogP) is 4.67. The molecule has 2 aliphatic heterocycles. The highest BCUT2D eigenvalue weighted by molar-refractivity contribution is 7.75. The summed E-state index contributed by atoms with van der Waals surface area (Å²) < 4.78 is 6.65. The van der Waals surface area contributed by atoms with Crippen LogP contribution in [0.5, 0.6) is 0 Å². The van der Waals surface area contributed by atoms with Crippen LogP contribution in [0.2, 0.25) is 0 Å². The number of benzene rings is 2. The second-order valence-electron chi connectivity index (χ2n) is 9.72. The fourth-order valence-electron chi connectivity index (χ4n) is 6.11. The molecule has 6 unspecified atom stereocenters. The van der Waals surface area contributed by atoms with E-state index < -0.39 is 15.1 Å². The smallest absolute Gasteiger partial charge is 0.349 e. The zero-order valence-electron chi connectivity index (χ0n) is 18.8. The summed E-state index contributed by atoms with van der Waals surface area (Å²) in [4.78, 5) is 0. The Kier molecular flexibility index (Phi) is 4.48.